The minimum absolute atomic E-state index is 0.337. The number of allylic oxidation sites excluding steroid dienone is 3. The van der Waals surface area contributed by atoms with Gasteiger partial charge >= 0.3 is 5.97 Å². The maximum absolute atomic E-state index is 13.0. The van der Waals surface area contributed by atoms with Crippen LogP contribution in [0, 0.1) is 0 Å². The molecule has 6 heteroatoms. The first-order valence-corrected chi connectivity index (χ1v) is 9.57. The standard InChI is InChI=1S/C20H28N2O4.C2H6/c1-6-14(3)19(20(25)22(13-18(23)24)15(4)7-2)21-12-16-8-10-17(26-5)11-9-16;1-2/h7-11,21H,6,12-13H2,1-5H3,(H,23,24);1-2H3/b15-7-,19-14-;. The van der Waals surface area contributed by atoms with Crippen LogP contribution in [0.15, 0.2) is 47.3 Å². The van der Waals surface area contributed by atoms with Crippen LogP contribution in [-0.2, 0) is 16.1 Å². The van der Waals surface area contributed by atoms with Crippen LogP contribution >= 0.6 is 0 Å². The van der Waals surface area contributed by atoms with E-state index in [1.54, 1.807) is 27.0 Å². The van der Waals surface area contributed by atoms with Gasteiger partial charge in [-0.3, -0.25) is 9.59 Å². The first-order chi connectivity index (χ1) is 13.3. The van der Waals surface area contributed by atoms with Crippen LogP contribution in [-0.4, -0.2) is 35.5 Å². The molecule has 0 aliphatic rings. The fourth-order valence-corrected chi connectivity index (χ4v) is 2.30. The van der Waals surface area contributed by atoms with Crippen molar-refractivity contribution in [2.24, 2.45) is 0 Å². The normalized spacial score (nSPS) is 11.6. The highest BCUT2D eigenvalue weighted by atomic mass is 16.5. The molecular weight excluding hydrogens is 356 g/mol. The summed E-state index contributed by atoms with van der Waals surface area (Å²) in [6, 6.07) is 7.55. The molecule has 6 nitrogen and oxygen atoms in total. The Hall–Kier alpha value is -2.76. The zero-order chi connectivity index (χ0) is 21.7. The number of carboxylic acids is 1. The SMILES string of the molecule is C/C=C(/C)N(CC(=O)O)C(=O)/C(NCc1ccc(OC)cc1)=C(\C)CC.CC. The second-order valence-corrected chi connectivity index (χ2v) is 5.93. The van der Waals surface area contributed by atoms with Crippen LogP contribution in [0.2, 0.25) is 0 Å². The van der Waals surface area contributed by atoms with E-state index in [-0.39, 0.29) is 12.5 Å². The number of hydrogen-bond donors (Lipinski definition) is 2. The molecule has 0 saturated carbocycles. The number of ether oxygens (including phenoxy) is 1. The third kappa shape index (κ3) is 7.86. The summed E-state index contributed by atoms with van der Waals surface area (Å²) in [5.74, 6) is -0.624. The number of carbonyl (C=O) groups excluding carboxylic acids is 1. The molecule has 1 aromatic rings. The number of carbonyl (C=O) groups is 2. The van der Waals surface area contributed by atoms with E-state index in [4.69, 9.17) is 9.84 Å². The van der Waals surface area contributed by atoms with Gasteiger partial charge in [0.2, 0.25) is 0 Å². The number of benzene rings is 1. The van der Waals surface area contributed by atoms with Gasteiger partial charge in [0, 0.05) is 12.2 Å². The Kier molecular flexibility index (Phi) is 12.1. The topological polar surface area (TPSA) is 78.9 Å². The van der Waals surface area contributed by atoms with Gasteiger partial charge in [-0.05, 0) is 50.5 Å². The summed E-state index contributed by atoms with van der Waals surface area (Å²) in [7, 11) is 1.61. The summed E-state index contributed by atoms with van der Waals surface area (Å²) in [5.41, 5.74) is 2.91. The molecule has 28 heavy (non-hydrogen) atoms. The lowest BCUT2D eigenvalue weighted by atomic mass is 10.1. The fourth-order valence-electron chi connectivity index (χ4n) is 2.30. The van der Waals surface area contributed by atoms with Gasteiger partial charge in [-0.25, -0.2) is 0 Å². The van der Waals surface area contributed by atoms with Crippen LogP contribution in [0.4, 0.5) is 0 Å². The first kappa shape index (κ1) is 25.2. The van der Waals surface area contributed by atoms with E-state index in [2.05, 4.69) is 5.32 Å². The van der Waals surface area contributed by atoms with Crippen molar-refractivity contribution in [3.63, 3.8) is 0 Å². The molecule has 0 bridgehead atoms. The molecule has 0 aromatic heterocycles. The number of rotatable bonds is 9. The smallest absolute Gasteiger partial charge is 0.323 e. The predicted molar refractivity (Wildman–Crippen MR) is 113 cm³/mol. The van der Waals surface area contributed by atoms with Gasteiger partial charge in [0.1, 0.15) is 12.3 Å². The van der Waals surface area contributed by atoms with Gasteiger partial charge in [0.15, 0.2) is 0 Å². The van der Waals surface area contributed by atoms with Crippen molar-refractivity contribution in [1.29, 1.82) is 0 Å². The van der Waals surface area contributed by atoms with Crippen LogP contribution in [0.1, 0.15) is 53.5 Å². The Morgan fingerprint density at radius 3 is 2.18 bits per heavy atom. The number of aliphatic carboxylic acids is 1. The maximum atomic E-state index is 13.0. The summed E-state index contributed by atoms with van der Waals surface area (Å²) >= 11 is 0. The molecular formula is C22H34N2O4. The van der Waals surface area contributed by atoms with Crippen LogP contribution < -0.4 is 10.1 Å². The van der Waals surface area contributed by atoms with Gasteiger partial charge in [-0.2, -0.15) is 0 Å². The van der Waals surface area contributed by atoms with Crippen molar-refractivity contribution >= 4 is 11.9 Å². The maximum Gasteiger partial charge on any atom is 0.323 e. The average molecular weight is 391 g/mol. The molecule has 0 spiro atoms. The van der Waals surface area contributed by atoms with E-state index < -0.39 is 5.97 Å². The summed E-state index contributed by atoms with van der Waals surface area (Å²) < 4.78 is 5.14. The zero-order valence-electron chi connectivity index (χ0n) is 18.1. The molecule has 0 saturated heterocycles. The Morgan fingerprint density at radius 1 is 1.18 bits per heavy atom. The first-order valence-electron chi connectivity index (χ1n) is 9.57. The molecule has 0 radical (unpaired) electrons. The number of methoxy groups -OCH3 is 1. The molecule has 156 valence electrons. The van der Waals surface area contributed by atoms with Gasteiger partial charge in [-0.1, -0.05) is 39.0 Å². The Morgan fingerprint density at radius 2 is 1.75 bits per heavy atom. The van der Waals surface area contributed by atoms with Crippen molar-refractivity contribution in [2.75, 3.05) is 13.7 Å². The van der Waals surface area contributed by atoms with E-state index in [1.165, 1.54) is 4.90 Å². The highest BCUT2D eigenvalue weighted by Crippen LogP contribution is 2.16. The molecule has 1 amide bonds. The Labute approximate surface area is 168 Å². The average Bonchev–Trinajstić information content (AvgIpc) is 2.72. The summed E-state index contributed by atoms with van der Waals surface area (Å²) in [6.07, 6.45) is 2.41. The molecule has 2 N–H and O–H groups in total. The largest absolute Gasteiger partial charge is 0.497 e. The number of nitrogens with one attached hydrogen (secondary N) is 1. The second kappa shape index (κ2) is 13.4. The Balaban J connectivity index is 0.00000352. The van der Waals surface area contributed by atoms with Crippen LogP contribution in [0.25, 0.3) is 0 Å². The third-order valence-electron chi connectivity index (χ3n) is 4.18. The van der Waals surface area contributed by atoms with E-state index in [1.807, 2.05) is 52.0 Å². The second-order valence-electron chi connectivity index (χ2n) is 5.93. The third-order valence-corrected chi connectivity index (χ3v) is 4.18. The Bertz CT molecular complexity index is 691. The number of hydrogen-bond acceptors (Lipinski definition) is 4. The van der Waals surface area contributed by atoms with Crippen molar-refractivity contribution in [1.82, 2.24) is 10.2 Å². The minimum Gasteiger partial charge on any atom is -0.497 e. The molecule has 0 fully saturated rings. The van der Waals surface area contributed by atoms with Gasteiger partial charge in [0.25, 0.3) is 5.91 Å². The molecule has 0 aliphatic carbocycles. The number of nitrogens with zero attached hydrogens (tertiary/aromatic N) is 1. The molecule has 0 aliphatic heterocycles. The number of carboxylic acid groups (broad SMARTS) is 1. The lowest BCUT2D eigenvalue weighted by Crippen LogP contribution is -2.39. The lowest BCUT2D eigenvalue weighted by Gasteiger charge is -2.24. The quantitative estimate of drug-likeness (QED) is 0.614. The van der Waals surface area contributed by atoms with Crippen molar-refractivity contribution in [3.8, 4) is 5.75 Å². The molecule has 1 aromatic carbocycles. The van der Waals surface area contributed by atoms with E-state index >= 15 is 0 Å². The predicted octanol–water partition coefficient (Wildman–Crippen LogP) is 4.33. The van der Waals surface area contributed by atoms with Crippen molar-refractivity contribution < 1.29 is 19.4 Å². The molecule has 0 unspecified atom stereocenters. The van der Waals surface area contributed by atoms with Crippen LogP contribution in [0.5, 0.6) is 5.75 Å². The summed E-state index contributed by atoms with van der Waals surface area (Å²) in [6.45, 7) is 11.4. The van der Waals surface area contributed by atoms with Crippen LogP contribution in [0.3, 0.4) is 0 Å². The van der Waals surface area contributed by atoms with Crippen molar-refractivity contribution in [2.45, 2.75) is 54.5 Å². The highest BCUT2D eigenvalue weighted by molar-refractivity contribution is 5.96. The highest BCUT2D eigenvalue weighted by Gasteiger charge is 2.23. The monoisotopic (exact) mass is 390 g/mol. The molecule has 0 heterocycles. The van der Waals surface area contributed by atoms with Gasteiger partial charge in [-0.15, -0.1) is 0 Å². The fraction of sp³-hybridized carbons (Fsp3) is 0.455. The zero-order valence-corrected chi connectivity index (χ0v) is 18.1. The lowest BCUT2D eigenvalue weighted by molar-refractivity contribution is -0.142. The molecule has 0 atom stereocenters. The number of amides is 1. The molecule has 1 rings (SSSR count). The summed E-state index contributed by atoms with van der Waals surface area (Å²) in [5, 5.41) is 12.3. The summed E-state index contributed by atoms with van der Waals surface area (Å²) in [4.78, 5) is 25.4. The van der Waals surface area contributed by atoms with E-state index in [9.17, 15) is 9.59 Å². The van der Waals surface area contributed by atoms with Gasteiger partial charge < -0.3 is 20.1 Å². The van der Waals surface area contributed by atoms with E-state index in [0.717, 1.165) is 16.9 Å². The van der Waals surface area contributed by atoms with Crippen molar-refractivity contribution in [3.05, 3.63) is 52.9 Å². The minimum atomic E-state index is -1.05. The van der Waals surface area contributed by atoms with Gasteiger partial charge in [0.05, 0.1) is 12.8 Å². The van der Waals surface area contributed by atoms with E-state index in [0.29, 0.717) is 24.4 Å².